The standard InChI is InChI=1S/C25H21NO3S/c1-25(28,22-14-16-8-2-7-13-21(16)30-22)15-26-24(27)23-17-9-3-5-11-19(17)29-20-12-6-4-10-18(20)23/h2-14,23,28H,15H2,1H3,(H,26,27)/t25-/m0/s1. The van der Waals surface area contributed by atoms with Crippen molar-refractivity contribution in [2.45, 2.75) is 18.4 Å². The lowest BCUT2D eigenvalue weighted by molar-refractivity contribution is -0.123. The third-order valence-corrected chi connectivity index (χ3v) is 6.87. The van der Waals surface area contributed by atoms with Gasteiger partial charge in [0.05, 0.1) is 12.5 Å². The van der Waals surface area contributed by atoms with Crippen molar-refractivity contribution in [2.75, 3.05) is 6.54 Å². The number of carbonyl (C=O) groups excluding carboxylic acids is 1. The third kappa shape index (κ3) is 3.26. The van der Waals surface area contributed by atoms with Gasteiger partial charge in [0.1, 0.15) is 17.1 Å². The van der Waals surface area contributed by atoms with Crippen molar-refractivity contribution >= 4 is 27.3 Å². The van der Waals surface area contributed by atoms with Crippen LogP contribution in [0, 0.1) is 0 Å². The van der Waals surface area contributed by atoms with Crippen molar-refractivity contribution in [2.24, 2.45) is 0 Å². The molecule has 0 spiro atoms. The number of fused-ring (bicyclic) bond motifs is 3. The molecular weight excluding hydrogens is 394 g/mol. The second kappa shape index (κ2) is 7.27. The van der Waals surface area contributed by atoms with Crippen molar-refractivity contribution < 1.29 is 14.6 Å². The molecule has 0 saturated carbocycles. The SMILES string of the molecule is C[C@](O)(CNC(=O)C1c2ccccc2Oc2ccccc21)c1cc2ccccc2s1. The first-order chi connectivity index (χ1) is 14.5. The van der Waals surface area contributed by atoms with Crippen LogP contribution in [0.1, 0.15) is 28.8 Å². The van der Waals surface area contributed by atoms with E-state index in [-0.39, 0.29) is 12.5 Å². The first-order valence-electron chi connectivity index (χ1n) is 9.88. The van der Waals surface area contributed by atoms with E-state index in [0.717, 1.165) is 26.1 Å². The molecule has 30 heavy (non-hydrogen) atoms. The normalized spacial score (nSPS) is 15.0. The first-order valence-corrected chi connectivity index (χ1v) is 10.7. The molecule has 3 aromatic carbocycles. The molecule has 1 atom stereocenters. The maximum atomic E-state index is 13.3. The molecule has 4 aromatic rings. The summed E-state index contributed by atoms with van der Waals surface area (Å²) in [6.07, 6.45) is 0. The minimum atomic E-state index is -1.16. The third-order valence-electron chi connectivity index (χ3n) is 5.51. The predicted molar refractivity (Wildman–Crippen MR) is 119 cm³/mol. The van der Waals surface area contributed by atoms with Gasteiger partial charge in [-0.25, -0.2) is 0 Å². The Hall–Kier alpha value is -3.15. The number of hydrogen-bond acceptors (Lipinski definition) is 4. The highest BCUT2D eigenvalue weighted by molar-refractivity contribution is 7.19. The predicted octanol–water partition coefficient (Wildman–Crippen LogP) is 5.16. The number of carbonyl (C=O) groups is 1. The minimum Gasteiger partial charge on any atom is -0.457 e. The fourth-order valence-electron chi connectivity index (χ4n) is 3.89. The molecule has 0 radical (unpaired) electrons. The molecule has 0 bridgehead atoms. The first kappa shape index (κ1) is 18.9. The molecule has 2 heterocycles. The number of thiophene rings is 1. The van der Waals surface area contributed by atoms with Gasteiger partial charge < -0.3 is 15.2 Å². The van der Waals surface area contributed by atoms with Gasteiger partial charge in [0, 0.05) is 20.7 Å². The van der Waals surface area contributed by atoms with Gasteiger partial charge >= 0.3 is 0 Å². The van der Waals surface area contributed by atoms with Crippen LogP contribution in [-0.4, -0.2) is 17.6 Å². The summed E-state index contributed by atoms with van der Waals surface area (Å²) in [4.78, 5) is 14.1. The van der Waals surface area contributed by atoms with Gasteiger partial charge in [0.2, 0.25) is 5.91 Å². The molecule has 5 heteroatoms. The lowest BCUT2D eigenvalue weighted by Gasteiger charge is -2.29. The van der Waals surface area contributed by atoms with Crippen molar-refractivity contribution in [3.8, 4) is 11.5 Å². The second-order valence-corrected chi connectivity index (χ2v) is 8.83. The molecule has 1 aliphatic heterocycles. The van der Waals surface area contributed by atoms with Gasteiger partial charge in [-0.05, 0) is 36.6 Å². The summed E-state index contributed by atoms with van der Waals surface area (Å²) in [5.74, 6) is 0.740. The number of ether oxygens (including phenoxy) is 1. The molecule has 5 rings (SSSR count). The average Bonchev–Trinajstić information content (AvgIpc) is 3.21. The Kier molecular flexibility index (Phi) is 4.57. The highest BCUT2D eigenvalue weighted by atomic mass is 32.1. The highest BCUT2D eigenvalue weighted by Gasteiger charge is 2.34. The zero-order chi connectivity index (χ0) is 20.7. The van der Waals surface area contributed by atoms with Gasteiger partial charge in [0.15, 0.2) is 0 Å². The van der Waals surface area contributed by atoms with Crippen LogP contribution in [0.2, 0.25) is 0 Å². The number of hydrogen-bond donors (Lipinski definition) is 2. The Morgan fingerprint density at radius 3 is 2.27 bits per heavy atom. The van der Waals surface area contributed by atoms with Gasteiger partial charge in [-0.15, -0.1) is 11.3 Å². The smallest absolute Gasteiger partial charge is 0.232 e. The van der Waals surface area contributed by atoms with E-state index in [2.05, 4.69) is 5.32 Å². The fourth-order valence-corrected chi connectivity index (χ4v) is 4.99. The summed E-state index contributed by atoms with van der Waals surface area (Å²) in [5.41, 5.74) is 0.495. The highest BCUT2D eigenvalue weighted by Crippen LogP contribution is 2.44. The van der Waals surface area contributed by atoms with Crippen molar-refractivity contribution in [3.05, 3.63) is 94.9 Å². The van der Waals surface area contributed by atoms with Crippen LogP contribution in [0.4, 0.5) is 0 Å². The number of amides is 1. The molecule has 1 amide bonds. The van der Waals surface area contributed by atoms with Gasteiger partial charge in [-0.1, -0.05) is 54.6 Å². The Bertz CT molecular complexity index is 1170. The maximum absolute atomic E-state index is 13.3. The molecule has 0 aliphatic carbocycles. The van der Waals surface area contributed by atoms with Crippen LogP contribution < -0.4 is 10.1 Å². The van der Waals surface area contributed by atoms with E-state index >= 15 is 0 Å². The van der Waals surface area contributed by atoms with E-state index in [0.29, 0.717) is 11.5 Å². The molecule has 2 N–H and O–H groups in total. The largest absolute Gasteiger partial charge is 0.457 e. The number of nitrogens with one attached hydrogen (secondary N) is 1. The zero-order valence-electron chi connectivity index (χ0n) is 16.5. The molecule has 1 aromatic heterocycles. The van der Waals surface area contributed by atoms with E-state index in [1.165, 1.54) is 0 Å². The molecule has 0 unspecified atom stereocenters. The van der Waals surface area contributed by atoms with E-state index < -0.39 is 11.5 Å². The number of rotatable bonds is 4. The molecule has 4 nitrogen and oxygen atoms in total. The van der Waals surface area contributed by atoms with Crippen LogP contribution >= 0.6 is 11.3 Å². The Morgan fingerprint density at radius 2 is 1.60 bits per heavy atom. The van der Waals surface area contributed by atoms with Crippen molar-refractivity contribution in [3.63, 3.8) is 0 Å². The van der Waals surface area contributed by atoms with Crippen LogP contribution in [-0.2, 0) is 10.4 Å². The van der Waals surface area contributed by atoms with Crippen LogP contribution in [0.5, 0.6) is 11.5 Å². The minimum absolute atomic E-state index is 0.125. The van der Waals surface area contributed by atoms with E-state index in [1.807, 2.05) is 78.9 Å². The van der Waals surface area contributed by atoms with E-state index in [1.54, 1.807) is 18.3 Å². The van der Waals surface area contributed by atoms with Crippen LogP contribution in [0.15, 0.2) is 78.9 Å². The molecule has 0 saturated heterocycles. The Balaban J connectivity index is 1.41. The monoisotopic (exact) mass is 415 g/mol. The molecule has 1 aliphatic rings. The maximum Gasteiger partial charge on any atom is 0.232 e. The van der Waals surface area contributed by atoms with Crippen molar-refractivity contribution in [1.82, 2.24) is 5.32 Å². The topological polar surface area (TPSA) is 58.6 Å². The Labute approximate surface area is 178 Å². The summed E-state index contributed by atoms with van der Waals surface area (Å²) < 4.78 is 7.10. The Morgan fingerprint density at radius 1 is 1.00 bits per heavy atom. The summed E-state index contributed by atoms with van der Waals surface area (Å²) in [7, 11) is 0. The van der Waals surface area contributed by atoms with E-state index in [4.69, 9.17) is 4.74 Å². The number of aliphatic hydroxyl groups is 1. The fraction of sp³-hybridized carbons (Fsp3) is 0.160. The molecule has 150 valence electrons. The zero-order valence-corrected chi connectivity index (χ0v) is 17.3. The van der Waals surface area contributed by atoms with Crippen LogP contribution in [0.3, 0.4) is 0 Å². The van der Waals surface area contributed by atoms with Crippen molar-refractivity contribution in [1.29, 1.82) is 0 Å². The van der Waals surface area contributed by atoms with E-state index in [9.17, 15) is 9.90 Å². The summed E-state index contributed by atoms with van der Waals surface area (Å²) in [5, 5.41) is 15.2. The summed E-state index contributed by atoms with van der Waals surface area (Å²) in [6, 6.07) is 25.2. The number of benzene rings is 3. The lowest BCUT2D eigenvalue weighted by Crippen LogP contribution is -2.40. The summed E-state index contributed by atoms with van der Waals surface area (Å²) >= 11 is 1.55. The quantitative estimate of drug-likeness (QED) is 0.484. The lowest BCUT2D eigenvalue weighted by atomic mass is 9.87. The molecular formula is C25H21NO3S. The number of para-hydroxylation sites is 2. The second-order valence-electron chi connectivity index (χ2n) is 7.75. The average molecular weight is 416 g/mol. The summed E-state index contributed by atoms with van der Waals surface area (Å²) in [6.45, 7) is 1.87. The van der Waals surface area contributed by atoms with Crippen LogP contribution in [0.25, 0.3) is 10.1 Å². The molecule has 0 fully saturated rings. The van der Waals surface area contributed by atoms with Gasteiger partial charge in [0.25, 0.3) is 0 Å². The van der Waals surface area contributed by atoms with Gasteiger partial charge in [-0.2, -0.15) is 0 Å². The van der Waals surface area contributed by atoms with Gasteiger partial charge in [-0.3, -0.25) is 4.79 Å².